The van der Waals surface area contributed by atoms with Gasteiger partial charge in [-0.25, -0.2) is 0 Å². The summed E-state index contributed by atoms with van der Waals surface area (Å²) in [5, 5.41) is -0.275. The van der Waals surface area contributed by atoms with Gasteiger partial charge in [-0.05, 0) is 42.3 Å². The largest absolute Gasteiger partial charge is 0.348 e. The van der Waals surface area contributed by atoms with Crippen LogP contribution in [0.3, 0.4) is 0 Å². The number of carbonyl (C=O) groups excluding carboxylic acids is 2. The smallest absolute Gasteiger partial charge is 0.291 e. The lowest BCUT2D eigenvalue weighted by Crippen LogP contribution is -2.32. The highest BCUT2D eigenvalue weighted by Crippen LogP contribution is 2.33. The van der Waals surface area contributed by atoms with Gasteiger partial charge >= 0.3 is 0 Å². The standard InChI is InChI=1S/C19H20N2O3S/c1-3-15-10-7-11-20-16(15)13(2)24-18-17(22)21(19(23)25-18)12-14-8-5-4-6-9-14/h4-11,13,18H,3,12H2,1-2H3. The van der Waals surface area contributed by atoms with Gasteiger partial charge in [-0.2, -0.15) is 0 Å². The topological polar surface area (TPSA) is 59.5 Å². The van der Waals surface area contributed by atoms with Crippen molar-refractivity contribution in [1.82, 2.24) is 9.88 Å². The van der Waals surface area contributed by atoms with Crippen LogP contribution in [0.15, 0.2) is 48.7 Å². The number of ether oxygens (including phenoxy) is 1. The van der Waals surface area contributed by atoms with Crippen LogP contribution in [0.2, 0.25) is 0 Å². The van der Waals surface area contributed by atoms with Crippen molar-refractivity contribution in [3.63, 3.8) is 0 Å². The summed E-state index contributed by atoms with van der Waals surface area (Å²) in [7, 11) is 0. The first-order valence-corrected chi connectivity index (χ1v) is 9.13. The third-order valence-electron chi connectivity index (χ3n) is 4.10. The minimum atomic E-state index is -0.821. The predicted octanol–water partition coefficient (Wildman–Crippen LogP) is 3.94. The fourth-order valence-corrected chi connectivity index (χ4v) is 3.70. The summed E-state index contributed by atoms with van der Waals surface area (Å²) in [4.78, 5) is 30.4. The number of rotatable bonds is 6. The summed E-state index contributed by atoms with van der Waals surface area (Å²) in [6, 6.07) is 13.3. The van der Waals surface area contributed by atoms with Crippen molar-refractivity contribution in [1.29, 1.82) is 0 Å². The summed E-state index contributed by atoms with van der Waals surface area (Å²) in [6.07, 6.45) is 2.19. The van der Waals surface area contributed by atoms with E-state index in [0.29, 0.717) is 0 Å². The summed E-state index contributed by atoms with van der Waals surface area (Å²) in [6.45, 7) is 4.18. The summed E-state index contributed by atoms with van der Waals surface area (Å²) in [5.74, 6) is -0.306. The molecular weight excluding hydrogens is 336 g/mol. The van der Waals surface area contributed by atoms with E-state index in [1.54, 1.807) is 6.20 Å². The molecule has 1 aromatic heterocycles. The minimum Gasteiger partial charge on any atom is -0.348 e. The molecule has 0 spiro atoms. The maximum atomic E-state index is 12.6. The first-order chi connectivity index (χ1) is 12.1. The van der Waals surface area contributed by atoms with Gasteiger partial charge in [0.2, 0.25) is 0 Å². The molecule has 6 heteroatoms. The third kappa shape index (κ3) is 3.91. The first-order valence-electron chi connectivity index (χ1n) is 8.25. The fraction of sp³-hybridized carbons (Fsp3) is 0.316. The second-order valence-electron chi connectivity index (χ2n) is 5.81. The Morgan fingerprint density at radius 2 is 1.96 bits per heavy atom. The Hall–Kier alpha value is -2.18. The van der Waals surface area contributed by atoms with E-state index >= 15 is 0 Å². The Bertz CT molecular complexity index is 766. The van der Waals surface area contributed by atoms with E-state index in [1.165, 1.54) is 4.90 Å². The number of benzene rings is 1. The van der Waals surface area contributed by atoms with Crippen LogP contribution in [-0.2, 0) is 22.5 Å². The van der Waals surface area contributed by atoms with Gasteiger partial charge in [0.15, 0.2) is 5.44 Å². The monoisotopic (exact) mass is 356 g/mol. The van der Waals surface area contributed by atoms with Crippen molar-refractivity contribution in [2.45, 2.75) is 38.4 Å². The van der Waals surface area contributed by atoms with Gasteiger partial charge in [-0.15, -0.1) is 0 Å². The van der Waals surface area contributed by atoms with Crippen LogP contribution in [-0.4, -0.2) is 26.5 Å². The van der Waals surface area contributed by atoms with Crippen LogP contribution >= 0.6 is 11.8 Å². The summed E-state index contributed by atoms with van der Waals surface area (Å²) in [5.41, 5.74) is 1.99. The number of thioether (sulfide) groups is 1. The molecule has 1 aliphatic heterocycles. The number of nitrogens with zero attached hydrogens (tertiary/aromatic N) is 2. The molecule has 25 heavy (non-hydrogen) atoms. The van der Waals surface area contributed by atoms with Crippen LogP contribution in [0.5, 0.6) is 0 Å². The van der Waals surface area contributed by atoms with E-state index in [4.69, 9.17) is 4.74 Å². The molecule has 1 aromatic carbocycles. The number of aromatic nitrogens is 1. The second kappa shape index (κ2) is 7.80. The highest BCUT2D eigenvalue weighted by atomic mass is 32.2. The van der Waals surface area contributed by atoms with E-state index < -0.39 is 5.44 Å². The van der Waals surface area contributed by atoms with Crippen LogP contribution < -0.4 is 0 Å². The molecule has 0 N–H and O–H groups in total. The van der Waals surface area contributed by atoms with E-state index in [-0.39, 0.29) is 23.8 Å². The number of carbonyl (C=O) groups is 2. The molecule has 0 bridgehead atoms. The van der Waals surface area contributed by atoms with Crippen molar-refractivity contribution in [3.05, 3.63) is 65.5 Å². The molecule has 1 aliphatic rings. The second-order valence-corrected chi connectivity index (χ2v) is 6.82. The van der Waals surface area contributed by atoms with Crippen molar-refractivity contribution in [3.8, 4) is 0 Å². The summed E-state index contributed by atoms with van der Waals surface area (Å²) < 4.78 is 5.88. The van der Waals surface area contributed by atoms with Crippen molar-refractivity contribution >= 4 is 22.9 Å². The van der Waals surface area contributed by atoms with Gasteiger partial charge in [-0.3, -0.25) is 19.5 Å². The Labute approximate surface area is 151 Å². The lowest BCUT2D eigenvalue weighted by molar-refractivity contribution is -0.136. The molecule has 0 aliphatic carbocycles. The van der Waals surface area contributed by atoms with Crippen molar-refractivity contribution in [2.75, 3.05) is 0 Å². The van der Waals surface area contributed by atoms with Gasteiger partial charge in [-0.1, -0.05) is 43.3 Å². The Morgan fingerprint density at radius 3 is 2.68 bits per heavy atom. The van der Waals surface area contributed by atoms with Crippen LogP contribution in [0, 0.1) is 0 Å². The van der Waals surface area contributed by atoms with E-state index in [1.807, 2.05) is 56.3 Å². The molecule has 3 rings (SSSR count). The molecule has 0 radical (unpaired) electrons. The Morgan fingerprint density at radius 1 is 1.20 bits per heavy atom. The lowest BCUT2D eigenvalue weighted by Gasteiger charge is -2.19. The molecule has 0 saturated carbocycles. The van der Waals surface area contributed by atoms with Crippen molar-refractivity contribution in [2.24, 2.45) is 0 Å². The number of pyridine rings is 1. The average Bonchev–Trinajstić information content (AvgIpc) is 2.90. The molecule has 5 nitrogen and oxygen atoms in total. The first kappa shape index (κ1) is 17.6. The van der Waals surface area contributed by atoms with Crippen LogP contribution in [0.1, 0.15) is 36.8 Å². The molecule has 2 amide bonds. The van der Waals surface area contributed by atoms with Crippen molar-refractivity contribution < 1.29 is 14.3 Å². The molecule has 2 unspecified atom stereocenters. The fourth-order valence-electron chi connectivity index (χ4n) is 2.78. The van der Waals surface area contributed by atoms with Gasteiger partial charge in [0, 0.05) is 6.20 Å². The third-order valence-corrected chi connectivity index (χ3v) is 5.05. The molecule has 2 aromatic rings. The molecule has 2 heterocycles. The molecule has 1 saturated heterocycles. The quantitative estimate of drug-likeness (QED) is 0.784. The minimum absolute atomic E-state index is 0.267. The molecule has 2 atom stereocenters. The maximum Gasteiger partial charge on any atom is 0.291 e. The Balaban J connectivity index is 1.69. The molecular formula is C19H20N2O3S. The number of aryl methyl sites for hydroxylation is 1. The zero-order valence-corrected chi connectivity index (χ0v) is 15.0. The summed E-state index contributed by atoms with van der Waals surface area (Å²) >= 11 is 0.925. The predicted molar refractivity (Wildman–Crippen MR) is 96.9 cm³/mol. The van der Waals surface area contributed by atoms with E-state index in [0.717, 1.165) is 35.0 Å². The number of hydrogen-bond acceptors (Lipinski definition) is 5. The average molecular weight is 356 g/mol. The zero-order valence-electron chi connectivity index (χ0n) is 14.2. The number of hydrogen-bond donors (Lipinski definition) is 0. The van der Waals surface area contributed by atoms with Gasteiger partial charge in [0.05, 0.1) is 18.3 Å². The normalized spacial score (nSPS) is 18.6. The van der Waals surface area contributed by atoms with Gasteiger partial charge in [0.1, 0.15) is 0 Å². The zero-order chi connectivity index (χ0) is 17.8. The highest BCUT2D eigenvalue weighted by molar-refractivity contribution is 8.15. The van der Waals surface area contributed by atoms with E-state index in [2.05, 4.69) is 4.98 Å². The number of imide groups is 1. The van der Waals surface area contributed by atoms with Gasteiger partial charge in [0.25, 0.3) is 11.1 Å². The van der Waals surface area contributed by atoms with E-state index in [9.17, 15) is 9.59 Å². The maximum absolute atomic E-state index is 12.6. The Kier molecular flexibility index (Phi) is 5.50. The van der Waals surface area contributed by atoms with Gasteiger partial charge < -0.3 is 4.74 Å². The molecule has 1 fully saturated rings. The SMILES string of the molecule is CCc1cccnc1C(C)OC1SC(=O)N(Cc2ccccc2)C1=O. The van der Waals surface area contributed by atoms with Crippen LogP contribution in [0.25, 0.3) is 0 Å². The number of amides is 2. The highest BCUT2D eigenvalue weighted by Gasteiger charge is 2.41. The lowest BCUT2D eigenvalue weighted by atomic mass is 10.1. The molecule has 130 valence electrons. The van der Waals surface area contributed by atoms with Crippen LogP contribution in [0.4, 0.5) is 4.79 Å².